The molecule has 0 saturated heterocycles. The van der Waals surface area contributed by atoms with Gasteiger partial charge in [0.15, 0.2) is 0 Å². The van der Waals surface area contributed by atoms with E-state index in [9.17, 15) is 0 Å². The molecule has 0 radical (unpaired) electrons. The average molecular weight is 841 g/mol. The van der Waals surface area contributed by atoms with Gasteiger partial charge in [-0.2, -0.15) is 0 Å². The van der Waals surface area contributed by atoms with Crippen LogP contribution < -0.4 is 0 Å². The Bertz CT molecular complexity index is 2850. The molecule has 0 heteroatoms. The van der Waals surface area contributed by atoms with Gasteiger partial charge in [-0.05, 0) is 184 Å². The van der Waals surface area contributed by atoms with Gasteiger partial charge in [-0.3, -0.25) is 0 Å². The van der Waals surface area contributed by atoms with E-state index in [2.05, 4.69) is 205 Å². The van der Waals surface area contributed by atoms with E-state index < -0.39 is 0 Å². The third kappa shape index (κ3) is 7.65. The minimum absolute atomic E-state index is 0.0137. The first-order chi connectivity index (χ1) is 30.2. The normalized spacial score (nSPS) is 23.1. The van der Waals surface area contributed by atoms with E-state index in [1.54, 1.807) is 11.1 Å². The molecule has 6 aliphatic carbocycles. The zero-order valence-electron chi connectivity index (χ0n) is 41.1. The van der Waals surface area contributed by atoms with Gasteiger partial charge in [0.2, 0.25) is 0 Å². The van der Waals surface area contributed by atoms with Gasteiger partial charge in [0.1, 0.15) is 0 Å². The Morgan fingerprint density at radius 2 is 1.34 bits per heavy atom. The highest BCUT2D eigenvalue weighted by Gasteiger charge is 2.42. The van der Waals surface area contributed by atoms with E-state index >= 15 is 0 Å². The van der Waals surface area contributed by atoms with E-state index in [-0.39, 0.29) is 27.6 Å². The molecule has 0 bridgehead atoms. The maximum Gasteiger partial charge on any atom is 0.0103 e. The molecule has 0 spiro atoms. The van der Waals surface area contributed by atoms with Crippen LogP contribution in [0.2, 0.25) is 0 Å². The standard InChI is InChI=1S/C64H72/c1-61(2,3)45-26-23-43-30-47(63(7,8)9)35-55(52(43)33-45)57-38-60-54-32-42(41-22-21-39-17-13-14-18-40(39)29-41)25-28-51(54)59(37-58(60)50-20-16-15-19-49(50)57)56-36-48(64(10,11)12)31-44-24-27-46(34-53(44)56)62(4,5)6/h13,15-17,19,23-32,34-38,45,50,58,60H,14,18,20-22,33H2,1-12H3. The molecule has 0 aliphatic heterocycles. The van der Waals surface area contributed by atoms with Crippen molar-refractivity contribution >= 4 is 33.6 Å². The van der Waals surface area contributed by atoms with Crippen molar-refractivity contribution in [2.75, 3.05) is 0 Å². The summed E-state index contributed by atoms with van der Waals surface area (Å²) in [6.07, 6.45) is 31.8. The van der Waals surface area contributed by atoms with Crippen LogP contribution >= 0.6 is 0 Å². The lowest BCUT2D eigenvalue weighted by Crippen LogP contribution is -2.31. The van der Waals surface area contributed by atoms with Crippen LogP contribution in [0.25, 0.3) is 33.6 Å². The average Bonchev–Trinajstić information content (AvgIpc) is 3.25. The molecule has 4 aromatic rings. The van der Waals surface area contributed by atoms with Gasteiger partial charge in [0.05, 0.1) is 0 Å². The second-order valence-electron chi connectivity index (χ2n) is 24.5. The fourth-order valence-electron chi connectivity index (χ4n) is 11.7. The van der Waals surface area contributed by atoms with Crippen LogP contribution in [0.4, 0.5) is 0 Å². The van der Waals surface area contributed by atoms with Gasteiger partial charge in [0.25, 0.3) is 0 Å². The van der Waals surface area contributed by atoms with Gasteiger partial charge < -0.3 is 0 Å². The van der Waals surface area contributed by atoms with Gasteiger partial charge >= 0.3 is 0 Å². The van der Waals surface area contributed by atoms with Crippen molar-refractivity contribution in [3.8, 4) is 0 Å². The second kappa shape index (κ2) is 15.3. The van der Waals surface area contributed by atoms with E-state index in [1.165, 1.54) is 88.7 Å². The molecule has 0 aromatic heterocycles. The van der Waals surface area contributed by atoms with Crippen LogP contribution in [0.5, 0.6) is 0 Å². The van der Waals surface area contributed by atoms with Gasteiger partial charge in [-0.25, -0.2) is 0 Å². The summed E-state index contributed by atoms with van der Waals surface area (Å²) < 4.78 is 0. The molecule has 10 rings (SSSR count). The van der Waals surface area contributed by atoms with Crippen molar-refractivity contribution in [1.82, 2.24) is 0 Å². The lowest BCUT2D eigenvalue weighted by molar-refractivity contribution is 0.290. The molecule has 0 fully saturated rings. The Morgan fingerprint density at radius 1 is 0.594 bits per heavy atom. The maximum atomic E-state index is 2.76. The Labute approximate surface area is 386 Å². The van der Waals surface area contributed by atoms with Crippen LogP contribution in [0.15, 0.2) is 132 Å². The summed E-state index contributed by atoms with van der Waals surface area (Å²) in [5.74, 6) is 1.46. The number of hydrogen-bond donors (Lipinski definition) is 0. The van der Waals surface area contributed by atoms with Crippen molar-refractivity contribution in [2.24, 2.45) is 23.2 Å². The highest BCUT2D eigenvalue weighted by Crippen LogP contribution is 2.56. The quantitative estimate of drug-likeness (QED) is 0.193. The predicted molar refractivity (Wildman–Crippen MR) is 278 cm³/mol. The number of fused-ring (bicyclic) bond motifs is 7. The molecule has 0 heterocycles. The van der Waals surface area contributed by atoms with Crippen molar-refractivity contribution in [3.05, 3.63) is 188 Å². The third-order valence-corrected chi connectivity index (χ3v) is 16.0. The molecule has 0 amide bonds. The van der Waals surface area contributed by atoms with E-state index in [0.717, 1.165) is 38.5 Å². The number of hydrogen-bond acceptors (Lipinski definition) is 0. The van der Waals surface area contributed by atoms with Crippen molar-refractivity contribution in [2.45, 2.75) is 144 Å². The van der Waals surface area contributed by atoms with Crippen LogP contribution in [0, 0.1) is 23.2 Å². The second-order valence-corrected chi connectivity index (χ2v) is 24.5. The first-order valence-electron chi connectivity index (χ1n) is 24.7. The number of benzene rings is 4. The summed E-state index contributed by atoms with van der Waals surface area (Å²) in [5, 5.41) is 2.71. The molecule has 64 heavy (non-hydrogen) atoms. The molecule has 0 nitrogen and oxygen atoms in total. The molecule has 6 aliphatic rings. The maximum absolute atomic E-state index is 2.76. The monoisotopic (exact) mass is 841 g/mol. The van der Waals surface area contributed by atoms with Crippen LogP contribution in [0.1, 0.15) is 177 Å². The zero-order chi connectivity index (χ0) is 45.1. The first kappa shape index (κ1) is 43.0. The summed E-state index contributed by atoms with van der Waals surface area (Å²) in [4.78, 5) is 0. The van der Waals surface area contributed by atoms with Crippen molar-refractivity contribution in [3.63, 3.8) is 0 Å². The summed E-state index contributed by atoms with van der Waals surface area (Å²) in [7, 11) is 0. The topological polar surface area (TPSA) is 0 Å². The smallest absolute Gasteiger partial charge is 0.0103 e. The number of rotatable bonds is 3. The highest BCUT2D eigenvalue weighted by molar-refractivity contribution is 6.01. The molecule has 0 N–H and O–H groups in total. The van der Waals surface area contributed by atoms with Gasteiger partial charge in [-0.15, -0.1) is 0 Å². The van der Waals surface area contributed by atoms with Crippen LogP contribution in [-0.2, 0) is 22.7 Å². The summed E-state index contributed by atoms with van der Waals surface area (Å²) in [6.45, 7) is 28.6. The zero-order valence-corrected chi connectivity index (χ0v) is 41.1. The summed E-state index contributed by atoms with van der Waals surface area (Å²) >= 11 is 0. The molecule has 4 aromatic carbocycles. The molecular formula is C64H72. The fourth-order valence-corrected chi connectivity index (χ4v) is 11.7. The minimum atomic E-state index is 0.0137. The molecule has 0 saturated carbocycles. The summed E-state index contributed by atoms with van der Waals surface area (Å²) in [5.41, 5.74) is 23.7. The predicted octanol–water partition coefficient (Wildman–Crippen LogP) is 17.5. The van der Waals surface area contributed by atoms with E-state index in [4.69, 9.17) is 0 Å². The molecular weight excluding hydrogens is 769 g/mol. The fraction of sp³-hybridized carbons (Fsp3) is 0.406. The SMILES string of the molecule is CC(C)(C)c1cc2c(c(C3=CC4c5cc(C6=CC7=C(C=CCC7)CC6)ccc5C(c5cc(C(C)(C)C)cc6ccc(C(C)(C)C)cc56)=CC4C4CC=CC=C34)c1)CC(C(C)(C)C)C=C2. The highest BCUT2D eigenvalue weighted by atomic mass is 14.5. The van der Waals surface area contributed by atoms with Crippen molar-refractivity contribution < 1.29 is 0 Å². The van der Waals surface area contributed by atoms with Gasteiger partial charge in [-0.1, -0.05) is 198 Å². The van der Waals surface area contributed by atoms with Crippen LogP contribution in [-0.4, -0.2) is 0 Å². The Kier molecular flexibility index (Phi) is 10.3. The molecule has 4 atom stereocenters. The first-order valence-corrected chi connectivity index (χ1v) is 24.7. The Hall–Kier alpha value is -4.94. The van der Waals surface area contributed by atoms with Crippen LogP contribution in [0.3, 0.4) is 0 Å². The summed E-state index contributed by atoms with van der Waals surface area (Å²) in [6, 6.07) is 25.1. The number of allylic oxidation sites excluding steroid dienone is 14. The minimum Gasteiger partial charge on any atom is -0.0839 e. The van der Waals surface area contributed by atoms with Crippen molar-refractivity contribution in [1.29, 1.82) is 0 Å². The molecule has 4 unspecified atom stereocenters. The third-order valence-electron chi connectivity index (χ3n) is 16.0. The van der Waals surface area contributed by atoms with E-state index in [0.29, 0.717) is 17.8 Å². The van der Waals surface area contributed by atoms with Gasteiger partial charge in [0, 0.05) is 5.92 Å². The lowest BCUT2D eigenvalue weighted by Gasteiger charge is -2.43. The lowest BCUT2D eigenvalue weighted by atomic mass is 9.60. The Morgan fingerprint density at radius 3 is 2.09 bits per heavy atom. The van der Waals surface area contributed by atoms with E-state index in [1.807, 2.05) is 0 Å². The largest absolute Gasteiger partial charge is 0.0839 e. The Balaban J connectivity index is 1.24. The molecule has 328 valence electrons.